The Morgan fingerprint density at radius 1 is 1.65 bits per heavy atom. The maximum Gasteiger partial charge on any atom is 0.311 e. The van der Waals surface area contributed by atoms with Gasteiger partial charge in [-0.3, -0.25) is 10.1 Å². The molecule has 1 rings (SSSR count). The molecule has 0 amide bonds. The van der Waals surface area contributed by atoms with Crippen molar-refractivity contribution in [1.82, 2.24) is 4.98 Å². The van der Waals surface area contributed by atoms with Crippen LogP contribution < -0.4 is 5.73 Å². The van der Waals surface area contributed by atoms with E-state index < -0.39 is 22.8 Å². The molecule has 0 aliphatic heterocycles. The Morgan fingerprint density at radius 3 is 2.71 bits per heavy atom. The largest absolute Gasteiger partial charge is 0.389 e. The zero-order valence-corrected chi connectivity index (χ0v) is 10.7. The lowest BCUT2D eigenvalue weighted by Gasteiger charge is -2.16. The van der Waals surface area contributed by atoms with E-state index in [1.165, 1.54) is 0 Å². The summed E-state index contributed by atoms with van der Waals surface area (Å²) in [6.07, 6.45) is -2.54. The number of nitro groups is 1. The van der Waals surface area contributed by atoms with E-state index in [1.807, 2.05) is 0 Å². The van der Waals surface area contributed by atoms with Gasteiger partial charge in [-0.1, -0.05) is 27.5 Å². The minimum Gasteiger partial charge on any atom is -0.389 e. The predicted molar refractivity (Wildman–Crippen MR) is 65.1 cm³/mol. The van der Waals surface area contributed by atoms with Gasteiger partial charge in [-0.15, -0.1) is 0 Å². The molecule has 0 spiro atoms. The number of halogens is 2. The van der Waals surface area contributed by atoms with Crippen LogP contribution in [0.1, 0.15) is 11.7 Å². The van der Waals surface area contributed by atoms with Crippen LogP contribution in [0.25, 0.3) is 0 Å². The molecule has 0 aliphatic carbocycles. The van der Waals surface area contributed by atoms with Crippen LogP contribution in [0.5, 0.6) is 0 Å². The highest BCUT2D eigenvalue weighted by molar-refractivity contribution is 9.09. The maximum absolute atomic E-state index is 10.6. The second-order valence-electron chi connectivity index (χ2n) is 3.20. The van der Waals surface area contributed by atoms with Crippen LogP contribution in [-0.2, 0) is 0 Å². The monoisotopic (exact) mass is 325 g/mol. The van der Waals surface area contributed by atoms with Crippen LogP contribution in [-0.4, -0.2) is 31.6 Å². The number of aliphatic hydroxyl groups is 2. The van der Waals surface area contributed by atoms with Gasteiger partial charge in [-0.05, 0) is 0 Å². The fourth-order valence-corrected chi connectivity index (χ4v) is 1.77. The zero-order valence-electron chi connectivity index (χ0n) is 8.38. The number of nitrogens with two attached hydrogens (primary N) is 1. The van der Waals surface area contributed by atoms with Gasteiger partial charge in [0.2, 0.25) is 5.82 Å². The van der Waals surface area contributed by atoms with Gasteiger partial charge < -0.3 is 15.9 Å². The van der Waals surface area contributed by atoms with E-state index in [2.05, 4.69) is 20.9 Å². The Hall–Kier alpha value is -0.960. The molecule has 94 valence electrons. The van der Waals surface area contributed by atoms with Gasteiger partial charge in [0.15, 0.2) is 0 Å². The fraction of sp³-hybridized carbons (Fsp3) is 0.375. The van der Waals surface area contributed by atoms with E-state index in [0.717, 1.165) is 6.07 Å². The SMILES string of the molecule is Nc1nc(Cl)c(C(O)C(O)CBr)cc1[N+](=O)[O-]. The molecule has 0 aromatic carbocycles. The predicted octanol–water partition coefficient (Wildman–Crippen LogP) is 1.01. The molecular weight excluding hydrogens is 317 g/mol. The molecular formula is C8H9BrClN3O4. The molecule has 0 saturated carbocycles. The summed E-state index contributed by atoms with van der Waals surface area (Å²) >= 11 is 8.67. The van der Waals surface area contributed by atoms with Crippen LogP contribution in [0.15, 0.2) is 6.07 Å². The molecule has 1 aromatic rings. The molecule has 0 saturated heterocycles. The molecule has 9 heteroatoms. The molecule has 7 nitrogen and oxygen atoms in total. The van der Waals surface area contributed by atoms with Gasteiger partial charge in [-0.2, -0.15) is 0 Å². The molecule has 2 unspecified atom stereocenters. The van der Waals surface area contributed by atoms with Crippen molar-refractivity contribution in [3.8, 4) is 0 Å². The third-order valence-corrected chi connectivity index (χ3v) is 3.02. The van der Waals surface area contributed by atoms with Gasteiger partial charge in [0, 0.05) is 17.0 Å². The lowest BCUT2D eigenvalue weighted by Crippen LogP contribution is -2.20. The number of aromatic nitrogens is 1. The van der Waals surface area contributed by atoms with Gasteiger partial charge >= 0.3 is 5.69 Å². The molecule has 0 aliphatic rings. The lowest BCUT2D eigenvalue weighted by atomic mass is 10.1. The Labute approximate surface area is 109 Å². The zero-order chi connectivity index (χ0) is 13.2. The molecule has 17 heavy (non-hydrogen) atoms. The van der Waals surface area contributed by atoms with Crippen LogP contribution in [0.4, 0.5) is 11.5 Å². The fourth-order valence-electron chi connectivity index (χ4n) is 1.15. The number of hydrogen-bond donors (Lipinski definition) is 3. The van der Waals surface area contributed by atoms with Crippen molar-refractivity contribution in [1.29, 1.82) is 0 Å². The number of aliphatic hydroxyl groups excluding tert-OH is 2. The molecule has 4 N–H and O–H groups in total. The molecule has 1 heterocycles. The summed E-state index contributed by atoms with van der Waals surface area (Å²) in [7, 11) is 0. The van der Waals surface area contributed by atoms with Gasteiger partial charge in [0.1, 0.15) is 11.3 Å². The molecule has 1 aromatic heterocycles. The summed E-state index contributed by atoms with van der Waals surface area (Å²) in [4.78, 5) is 13.4. The Balaban J connectivity index is 3.24. The molecule has 0 fully saturated rings. The topological polar surface area (TPSA) is 123 Å². The highest BCUT2D eigenvalue weighted by atomic mass is 79.9. The molecule has 0 radical (unpaired) electrons. The summed E-state index contributed by atoms with van der Waals surface area (Å²) in [5.41, 5.74) is 4.80. The number of hydrogen-bond acceptors (Lipinski definition) is 6. The number of pyridine rings is 1. The van der Waals surface area contributed by atoms with Gasteiger partial charge in [0.25, 0.3) is 0 Å². The quantitative estimate of drug-likeness (QED) is 0.328. The standard InChI is InChI=1S/C8H9BrClN3O4/c9-2-5(14)6(15)3-1-4(13(16)17)8(11)12-7(3)10/h1,5-6,14-15H,2H2,(H2,11,12). The van der Waals surface area contributed by atoms with Crippen LogP contribution >= 0.6 is 27.5 Å². The highest BCUT2D eigenvalue weighted by Gasteiger charge is 2.25. The third kappa shape index (κ3) is 3.03. The van der Waals surface area contributed by atoms with Crippen molar-refractivity contribution >= 4 is 39.0 Å². The summed E-state index contributed by atoms with van der Waals surface area (Å²) in [6.45, 7) is 0. The highest BCUT2D eigenvalue weighted by Crippen LogP contribution is 2.31. The first kappa shape index (κ1) is 14.1. The number of nitrogen functional groups attached to an aromatic ring is 1. The number of anilines is 1. The van der Waals surface area contributed by atoms with Crippen molar-refractivity contribution in [3.05, 3.63) is 26.9 Å². The van der Waals surface area contributed by atoms with Crippen molar-refractivity contribution in [2.24, 2.45) is 0 Å². The summed E-state index contributed by atoms with van der Waals surface area (Å²) in [6, 6.07) is 1.00. The summed E-state index contributed by atoms with van der Waals surface area (Å²) in [5, 5.41) is 29.7. The second kappa shape index (κ2) is 5.58. The first-order valence-electron chi connectivity index (χ1n) is 4.40. The average Bonchev–Trinajstić information content (AvgIpc) is 2.26. The third-order valence-electron chi connectivity index (χ3n) is 2.05. The van der Waals surface area contributed by atoms with Crippen LogP contribution in [0.3, 0.4) is 0 Å². The minimum absolute atomic E-state index is 0.0421. The first-order chi connectivity index (χ1) is 7.88. The van der Waals surface area contributed by atoms with Crippen LogP contribution in [0, 0.1) is 10.1 Å². The van der Waals surface area contributed by atoms with Gasteiger partial charge in [-0.25, -0.2) is 4.98 Å². The van der Waals surface area contributed by atoms with E-state index in [9.17, 15) is 20.3 Å². The Bertz CT molecular complexity index is 445. The Morgan fingerprint density at radius 2 is 2.24 bits per heavy atom. The van der Waals surface area contributed by atoms with Gasteiger partial charge in [0.05, 0.1) is 11.0 Å². The average molecular weight is 327 g/mol. The molecule has 0 bridgehead atoms. The normalized spacial score (nSPS) is 14.4. The van der Waals surface area contributed by atoms with Crippen LogP contribution in [0.2, 0.25) is 5.15 Å². The number of rotatable bonds is 4. The van der Waals surface area contributed by atoms with E-state index in [4.69, 9.17) is 17.3 Å². The van der Waals surface area contributed by atoms with E-state index >= 15 is 0 Å². The smallest absolute Gasteiger partial charge is 0.311 e. The summed E-state index contributed by atoms with van der Waals surface area (Å²) in [5.74, 6) is -0.343. The van der Waals surface area contributed by atoms with E-state index in [1.54, 1.807) is 0 Å². The minimum atomic E-state index is -1.38. The van der Waals surface area contributed by atoms with E-state index in [0.29, 0.717) is 0 Å². The maximum atomic E-state index is 10.6. The second-order valence-corrected chi connectivity index (χ2v) is 4.20. The van der Waals surface area contributed by atoms with Crippen molar-refractivity contribution < 1.29 is 15.1 Å². The first-order valence-corrected chi connectivity index (χ1v) is 5.90. The number of nitrogens with zero attached hydrogens (tertiary/aromatic N) is 2. The van der Waals surface area contributed by atoms with Crippen molar-refractivity contribution in [3.63, 3.8) is 0 Å². The van der Waals surface area contributed by atoms with Crippen molar-refractivity contribution in [2.45, 2.75) is 12.2 Å². The molecule has 2 atom stereocenters. The lowest BCUT2D eigenvalue weighted by molar-refractivity contribution is -0.384. The van der Waals surface area contributed by atoms with Crippen molar-refractivity contribution in [2.75, 3.05) is 11.1 Å². The Kier molecular flexibility index (Phi) is 4.63. The number of alkyl halides is 1. The van der Waals surface area contributed by atoms with E-state index in [-0.39, 0.29) is 21.9 Å². The summed E-state index contributed by atoms with van der Waals surface area (Å²) < 4.78 is 0.